The normalized spacial score (nSPS) is 13.1. The number of nitrogens with two attached hydrogens (primary N) is 1. The van der Waals surface area contributed by atoms with Gasteiger partial charge in [-0.2, -0.15) is 13.2 Å². The Morgan fingerprint density at radius 2 is 1.95 bits per heavy atom. The molecule has 1 aromatic rings. The van der Waals surface area contributed by atoms with Crippen LogP contribution in [0.5, 0.6) is 0 Å². The molecule has 1 rings (SSSR count). The predicted molar refractivity (Wildman–Crippen MR) is 74.5 cm³/mol. The molecule has 0 aliphatic carbocycles. The average molecular weight is 306 g/mol. The van der Waals surface area contributed by atoms with Crippen molar-refractivity contribution in [3.05, 3.63) is 24.3 Å². The number of hydrogen-bond donors (Lipinski definition) is 2. The summed E-state index contributed by atoms with van der Waals surface area (Å²) in [6.07, 6.45) is 1.79. The zero-order valence-electron chi connectivity index (χ0n) is 11.0. The smallest absolute Gasteiger partial charge is 0.328 e. The molecule has 0 radical (unpaired) electrons. The third-order valence-electron chi connectivity index (χ3n) is 2.43. The first kappa shape index (κ1) is 16.8. The van der Waals surface area contributed by atoms with Crippen LogP contribution >= 0.6 is 11.8 Å². The number of rotatable bonds is 6. The van der Waals surface area contributed by atoms with Crippen molar-refractivity contribution in [1.29, 1.82) is 0 Å². The third-order valence-corrected chi connectivity index (χ3v) is 3.17. The van der Waals surface area contributed by atoms with Crippen LogP contribution in [0.4, 0.5) is 18.9 Å². The molecule has 0 saturated heterocycles. The zero-order chi connectivity index (χ0) is 15.2. The van der Waals surface area contributed by atoms with Crippen LogP contribution in [-0.4, -0.2) is 17.5 Å². The van der Waals surface area contributed by atoms with E-state index >= 15 is 0 Å². The van der Waals surface area contributed by atoms with E-state index < -0.39 is 5.51 Å². The molecule has 1 amide bonds. The van der Waals surface area contributed by atoms with Crippen LogP contribution in [0, 0.1) is 0 Å². The highest BCUT2D eigenvalue weighted by atomic mass is 32.2. The number of benzene rings is 1. The van der Waals surface area contributed by atoms with Gasteiger partial charge in [0, 0.05) is 23.0 Å². The Morgan fingerprint density at radius 1 is 1.35 bits per heavy atom. The third kappa shape index (κ3) is 7.40. The summed E-state index contributed by atoms with van der Waals surface area (Å²) in [7, 11) is 0. The van der Waals surface area contributed by atoms with E-state index in [1.807, 2.05) is 6.92 Å². The lowest BCUT2D eigenvalue weighted by Gasteiger charge is -2.08. The summed E-state index contributed by atoms with van der Waals surface area (Å²) in [6, 6.07) is 5.63. The quantitative estimate of drug-likeness (QED) is 0.787. The number of amides is 1. The van der Waals surface area contributed by atoms with E-state index in [4.69, 9.17) is 5.73 Å². The molecule has 1 aromatic carbocycles. The van der Waals surface area contributed by atoms with Crippen LogP contribution in [-0.2, 0) is 4.79 Å². The van der Waals surface area contributed by atoms with Crippen LogP contribution in [0.25, 0.3) is 0 Å². The molecule has 0 saturated carbocycles. The van der Waals surface area contributed by atoms with Gasteiger partial charge in [0.15, 0.2) is 0 Å². The Balaban J connectivity index is 2.43. The lowest BCUT2D eigenvalue weighted by atomic mass is 10.1. The standard InChI is InChI=1S/C13H17F3N2OS/c1-9(17)3-2-4-12(19)18-10-5-7-11(8-6-10)20-13(14,15)16/h5-9H,2-4,17H2,1H3,(H,18,19). The summed E-state index contributed by atoms with van der Waals surface area (Å²) in [5.74, 6) is -0.165. The van der Waals surface area contributed by atoms with Crippen molar-refractivity contribution >= 4 is 23.4 Å². The number of nitrogens with one attached hydrogen (secondary N) is 1. The molecule has 1 unspecified atom stereocenters. The van der Waals surface area contributed by atoms with Crippen molar-refractivity contribution in [1.82, 2.24) is 0 Å². The second-order valence-electron chi connectivity index (χ2n) is 4.49. The number of halogens is 3. The lowest BCUT2D eigenvalue weighted by Crippen LogP contribution is -2.16. The van der Waals surface area contributed by atoms with Crippen molar-refractivity contribution in [3.8, 4) is 0 Å². The minimum absolute atomic E-state index is 0.0569. The number of hydrogen-bond acceptors (Lipinski definition) is 3. The molecule has 0 aliphatic rings. The van der Waals surface area contributed by atoms with Gasteiger partial charge in [0.05, 0.1) is 0 Å². The fourth-order valence-corrected chi connectivity index (χ4v) is 2.09. The van der Waals surface area contributed by atoms with E-state index in [1.54, 1.807) is 0 Å². The lowest BCUT2D eigenvalue weighted by molar-refractivity contribution is -0.116. The number of alkyl halides is 3. The van der Waals surface area contributed by atoms with Crippen LogP contribution in [0.1, 0.15) is 26.2 Å². The summed E-state index contributed by atoms with van der Waals surface area (Å²) in [5.41, 5.74) is 1.76. The molecule has 1 atom stereocenters. The SMILES string of the molecule is CC(N)CCCC(=O)Nc1ccc(SC(F)(F)F)cc1. The van der Waals surface area contributed by atoms with Gasteiger partial charge in [-0.3, -0.25) is 4.79 Å². The van der Waals surface area contributed by atoms with Crippen molar-refractivity contribution in [3.63, 3.8) is 0 Å². The van der Waals surface area contributed by atoms with Crippen molar-refractivity contribution in [2.75, 3.05) is 5.32 Å². The van der Waals surface area contributed by atoms with Gasteiger partial charge in [0.25, 0.3) is 0 Å². The van der Waals surface area contributed by atoms with Crippen LogP contribution in [0.2, 0.25) is 0 Å². The molecular weight excluding hydrogens is 289 g/mol. The molecule has 0 heterocycles. The van der Waals surface area contributed by atoms with Gasteiger partial charge in [-0.25, -0.2) is 0 Å². The Labute approximate surface area is 120 Å². The van der Waals surface area contributed by atoms with E-state index in [0.717, 1.165) is 6.42 Å². The summed E-state index contributed by atoms with van der Waals surface area (Å²) < 4.78 is 36.4. The van der Waals surface area contributed by atoms with Gasteiger partial charge >= 0.3 is 5.51 Å². The highest BCUT2D eigenvalue weighted by Gasteiger charge is 2.28. The van der Waals surface area contributed by atoms with Gasteiger partial charge in [-0.15, -0.1) is 0 Å². The molecule has 20 heavy (non-hydrogen) atoms. The fraction of sp³-hybridized carbons (Fsp3) is 0.462. The molecule has 3 N–H and O–H groups in total. The maximum Gasteiger partial charge on any atom is 0.446 e. The van der Waals surface area contributed by atoms with Crippen molar-refractivity contribution in [2.45, 2.75) is 42.6 Å². The van der Waals surface area contributed by atoms with Crippen LogP contribution < -0.4 is 11.1 Å². The van der Waals surface area contributed by atoms with Gasteiger partial charge in [0.2, 0.25) is 5.91 Å². The number of thioether (sulfide) groups is 1. The van der Waals surface area contributed by atoms with E-state index in [0.29, 0.717) is 18.5 Å². The van der Waals surface area contributed by atoms with Crippen molar-refractivity contribution < 1.29 is 18.0 Å². The predicted octanol–water partition coefficient (Wildman–Crippen LogP) is 3.75. The molecule has 3 nitrogen and oxygen atoms in total. The second kappa shape index (κ2) is 7.54. The first-order chi connectivity index (χ1) is 9.26. The Morgan fingerprint density at radius 3 is 2.45 bits per heavy atom. The molecule has 112 valence electrons. The number of carbonyl (C=O) groups excluding carboxylic acids is 1. The minimum atomic E-state index is -4.30. The maximum absolute atomic E-state index is 12.1. The first-order valence-corrected chi connectivity index (χ1v) is 6.99. The largest absolute Gasteiger partial charge is 0.446 e. The Bertz CT molecular complexity index is 432. The summed E-state index contributed by atoms with van der Waals surface area (Å²) >= 11 is -0.181. The van der Waals surface area contributed by atoms with Gasteiger partial charge in [-0.1, -0.05) is 0 Å². The molecule has 0 bridgehead atoms. The monoisotopic (exact) mass is 306 g/mol. The van der Waals surface area contributed by atoms with E-state index in [-0.39, 0.29) is 28.6 Å². The van der Waals surface area contributed by atoms with Gasteiger partial charge in [-0.05, 0) is 55.8 Å². The summed E-state index contributed by atoms with van der Waals surface area (Å²) in [6.45, 7) is 1.87. The number of anilines is 1. The van der Waals surface area contributed by atoms with Crippen LogP contribution in [0.3, 0.4) is 0 Å². The van der Waals surface area contributed by atoms with Gasteiger partial charge < -0.3 is 11.1 Å². The topological polar surface area (TPSA) is 55.1 Å². The molecule has 0 fully saturated rings. The Hall–Kier alpha value is -1.21. The van der Waals surface area contributed by atoms with E-state index in [9.17, 15) is 18.0 Å². The van der Waals surface area contributed by atoms with E-state index in [1.165, 1.54) is 24.3 Å². The number of carbonyl (C=O) groups is 1. The highest BCUT2D eigenvalue weighted by molar-refractivity contribution is 8.00. The molecule has 7 heteroatoms. The first-order valence-electron chi connectivity index (χ1n) is 6.17. The minimum Gasteiger partial charge on any atom is -0.328 e. The highest BCUT2D eigenvalue weighted by Crippen LogP contribution is 2.36. The van der Waals surface area contributed by atoms with Crippen LogP contribution in [0.15, 0.2) is 29.2 Å². The van der Waals surface area contributed by atoms with E-state index in [2.05, 4.69) is 5.32 Å². The summed E-state index contributed by atoms with van der Waals surface area (Å²) in [4.78, 5) is 11.7. The second-order valence-corrected chi connectivity index (χ2v) is 5.63. The molecule has 0 aliphatic heterocycles. The Kier molecular flexibility index (Phi) is 6.35. The molecular formula is C13H17F3N2OS. The molecule has 0 spiro atoms. The van der Waals surface area contributed by atoms with Gasteiger partial charge in [0.1, 0.15) is 0 Å². The van der Waals surface area contributed by atoms with Crippen molar-refractivity contribution in [2.24, 2.45) is 5.73 Å². The zero-order valence-corrected chi connectivity index (χ0v) is 11.9. The fourth-order valence-electron chi connectivity index (χ4n) is 1.55. The maximum atomic E-state index is 12.1. The molecule has 0 aromatic heterocycles. The average Bonchev–Trinajstić information content (AvgIpc) is 2.29. The summed E-state index contributed by atoms with van der Waals surface area (Å²) in [5, 5.41) is 2.64.